The number of piperidine rings is 1. The fourth-order valence-electron chi connectivity index (χ4n) is 6.78. The molecule has 212 valence electrons. The van der Waals surface area contributed by atoms with Gasteiger partial charge in [0.25, 0.3) is 0 Å². The SMILES string of the molecule is CC(C)C[C@H]1C(=O)N([C@@H](CC(C)C)C(=O)N2CC[C@]3(C[C@@H]2C)OC[C@@H](CN2CCCC2)CO3)CCN1C. The van der Waals surface area contributed by atoms with E-state index in [1.807, 2.05) is 16.8 Å². The molecular formula is C29H52N4O4. The number of hydrogen-bond donors (Lipinski definition) is 0. The first-order chi connectivity index (χ1) is 17.6. The third-order valence-electron chi connectivity index (χ3n) is 8.88. The molecule has 8 heteroatoms. The van der Waals surface area contributed by atoms with E-state index in [9.17, 15) is 9.59 Å². The minimum atomic E-state index is -0.572. The van der Waals surface area contributed by atoms with Crippen molar-refractivity contribution < 1.29 is 19.1 Å². The van der Waals surface area contributed by atoms with Gasteiger partial charge in [0.2, 0.25) is 11.8 Å². The smallest absolute Gasteiger partial charge is 0.245 e. The summed E-state index contributed by atoms with van der Waals surface area (Å²) < 4.78 is 12.8. The molecule has 0 aromatic rings. The zero-order valence-corrected chi connectivity index (χ0v) is 24.3. The fraction of sp³-hybridized carbons (Fsp3) is 0.931. The van der Waals surface area contributed by atoms with Gasteiger partial charge in [0, 0.05) is 51.0 Å². The number of nitrogens with zero attached hydrogens (tertiary/aromatic N) is 4. The zero-order valence-electron chi connectivity index (χ0n) is 24.3. The van der Waals surface area contributed by atoms with E-state index in [1.54, 1.807) is 0 Å². The molecule has 0 radical (unpaired) electrons. The molecule has 3 atom stereocenters. The summed E-state index contributed by atoms with van der Waals surface area (Å²) in [6, 6.07) is -0.527. The van der Waals surface area contributed by atoms with Gasteiger partial charge in [-0.3, -0.25) is 14.5 Å². The molecule has 0 N–H and O–H groups in total. The van der Waals surface area contributed by atoms with E-state index in [-0.39, 0.29) is 23.9 Å². The highest BCUT2D eigenvalue weighted by molar-refractivity contribution is 5.90. The standard InChI is InChI=1S/C29H52N4O4/c1-21(2)15-25-27(34)33(14-13-30(25)6)26(16-22(3)4)28(35)32-12-9-29(17-23(32)5)36-19-24(20-37-29)18-31-10-7-8-11-31/h21-26H,7-20H2,1-6H3/t23-,24-,25-,26-,29+/m0/s1. The summed E-state index contributed by atoms with van der Waals surface area (Å²) in [5, 5.41) is 0. The highest BCUT2D eigenvalue weighted by Crippen LogP contribution is 2.36. The Bertz CT molecular complexity index is 776. The van der Waals surface area contributed by atoms with Crippen molar-refractivity contribution >= 4 is 11.8 Å². The van der Waals surface area contributed by atoms with Gasteiger partial charge in [0.1, 0.15) is 6.04 Å². The number of likely N-dealkylation sites (tertiary alicyclic amines) is 2. The maximum Gasteiger partial charge on any atom is 0.245 e. The minimum Gasteiger partial charge on any atom is -0.349 e. The summed E-state index contributed by atoms with van der Waals surface area (Å²) in [6.45, 7) is 17.7. The summed E-state index contributed by atoms with van der Waals surface area (Å²) in [7, 11) is 2.04. The highest BCUT2D eigenvalue weighted by Gasteiger charge is 2.47. The van der Waals surface area contributed by atoms with Gasteiger partial charge in [-0.1, -0.05) is 27.7 Å². The van der Waals surface area contributed by atoms with Crippen LogP contribution in [0.3, 0.4) is 0 Å². The molecule has 4 aliphatic heterocycles. The number of amides is 2. The molecule has 4 fully saturated rings. The van der Waals surface area contributed by atoms with Gasteiger partial charge in [-0.2, -0.15) is 0 Å². The lowest BCUT2D eigenvalue weighted by Crippen LogP contribution is -2.64. The van der Waals surface area contributed by atoms with Crippen molar-refractivity contribution in [3.05, 3.63) is 0 Å². The molecule has 0 unspecified atom stereocenters. The van der Waals surface area contributed by atoms with Gasteiger partial charge in [-0.05, 0) is 64.6 Å². The summed E-state index contributed by atoms with van der Waals surface area (Å²) in [4.78, 5) is 36.3. The van der Waals surface area contributed by atoms with E-state index in [4.69, 9.17) is 9.47 Å². The molecule has 0 aliphatic carbocycles. The lowest BCUT2D eigenvalue weighted by molar-refractivity contribution is -0.303. The molecule has 1 spiro atoms. The van der Waals surface area contributed by atoms with Crippen molar-refractivity contribution in [2.75, 3.05) is 59.5 Å². The number of hydrogen-bond acceptors (Lipinski definition) is 6. The van der Waals surface area contributed by atoms with E-state index in [2.05, 4.69) is 44.4 Å². The second kappa shape index (κ2) is 12.3. The number of carbonyl (C=O) groups is 2. The van der Waals surface area contributed by atoms with Gasteiger partial charge < -0.3 is 24.2 Å². The number of ether oxygens (including phenoxy) is 2. The van der Waals surface area contributed by atoms with Gasteiger partial charge in [0.05, 0.1) is 19.3 Å². The molecule has 0 aromatic heterocycles. The van der Waals surface area contributed by atoms with E-state index in [0.29, 0.717) is 50.1 Å². The molecule has 2 amide bonds. The van der Waals surface area contributed by atoms with Crippen LogP contribution in [0.4, 0.5) is 0 Å². The van der Waals surface area contributed by atoms with Gasteiger partial charge in [-0.25, -0.2) is 0 Å². The van der Waals surface area contributed by atoms with Crippen LogP contribution in [-0.4, -0.2) is 115 Å². The molecule has 4 saturated heterocycles. The molecule has 4 aliphatic rings. The third kappa shape index (κ3) is 6.87. The number of likely N-dealkylation sites (N-methyl/N-ethyl adjacent to an activating group) is 1. The number of piperazine rings is 1. The maximum atomic E-state index is 14.0. The Labute approximate surface area is 225 Å². The number of rotatable bonds is 8. The highest BCUT2D eigenvalue weighted by atomic mass is 16.7. The van der Waals surface area contributed by atoms with Crippen molar-refractivity contribution in [1.82, 2.24) is 19.6 Å². The first-order valence-corrected chi connectivity index (χ1v) is 14.9. The predicted octanol–water partition coefficient (Wildman–Crippen LogP) is 3.06. The molecule has 0 bridgehead atoms. The van der Waals surface area contributed by atoms with Crippen LogP contribution < -0.4 is 0 Å². The van der Waals surface area contributed by atoms with Crippen LogP contribution in [0.1, 0.15) is 73.1 Å². The summed E-state index contributed by atoms with van der Waals surface area (Å²) in [6.07, 6.45) is 5.51. The molecule has 4 heterocycles. The Kier molecular flexibility index (Phi) is 9.58. The van der Waals surface area contributed by atoms with Crippen LogP contribution in [0.25, 0.3) is 0 Å². The quantitative estimate of drug-likeness (QED) is 0.490. The summed E-state index contributed by atoms with van der Waals surface area (Å²) in [5.74, 6) is 0.826. The Morgan fingerprint density at radius 2 is 1.68 bits per heavy atom. The van der Waals surface area contributed by atoms with Crippen molar-refractivity contribution in [2.45, 2.75) is 97.1 Å². The summed E-state index contributed by atoms with van der Waals surface area (Å²) in [5.41, 5.74) is 0. The lowest BCUT2D eigenvalue weighted by atomic mass is 9.92. The Hall–Kier alpha value is -1.22. The monoisotopic (exact) mass is 520 g/mol. The molecule has 37 heavy (non-hydrogen) atoms. The Morgan fingerprint density at radius 1 is 1.00 bits per heavy atom. The van der Waals surface area contributed by atoms with Crippen LogP contribution in [-0.2, 0) is 19.1 Å². The molecule has 0 aromatic carbocycles. The first kappa shape index (κ1) is 28.8. The third-order valence-corrected chi connectivity index (χ3v) is 8.88. The van der Waals surface area contributed by atoms with Crippen LogP contribution in [0, 0.1) is 17.8 Å². The van der Waals surface area contributed by atoms with Crippen molar-refractivity contribution in [2.24, 2.45) is 17.8 Å². The topological polar surface area (TPSA) is 65.6 Å². The fourth-order valence-corrected chi connectivity index (χ4v) is 6.78. The first-order valence-electron chi connectivity index (χ1n) is 14.9. The van der Waals surface area contributed by atoms with Crippen molar-refractivity contribution in [3.8, 4) is 0 Å². The average Bonchev–Trinajstić information content (AvgIpc) is 3.35. The Morgan fingerprint density at radius 3 is 2.27 bits per heavy atom. The zero-order chi connectivity index (χ0) is 26.7. The van der Waals surface area contributed by atoms with E-state index in [1.165, 1.54) is 25.9 Å². The molecule has 8 nitrogen and oxygen atoms in total. The van der Waals surface area contributed by atoms with E-state index in [0.717, 1.165) is 32.7 Å². The normalized spacial score (nSPS) is 33.2. The summed E-state index contributed by atoms with van der Waals surface area (Å²) >= 11 is 0. The Balaban J connectivity index is 1.38. The second-order valence-electron chi connectivity index (χ2n) is 13.0. The van der Waals surface area contributed by atoms with Crippen LogP contribution in [0.15, 0.2) is 0 Å². The average molecular weight is 521 g/mol. The van der Waals surface area contributed by atoms with Gasteiger partial charge in [0.15, 0.2) is 5.79 Å². The minimum absolute atomic E-state index is 0.0140. The van der Waals surface area contributed by atoms with Gasteiger partial charge in [-0.15, -0.1) is 0 Å². The lowest BCUT2D eigenvalue weighted by Gasteiger charge is -2.50. The van der Waals surface area contributed by atoms with Crippen LogP contribution in [0.2, 0.25) is 0 Å². The van der Waals surface area contributed by atoms with Crippen molar-refractivity contribution in [3.63, 3.8) is 0 Å². The number of carbonyl (C=O) groups excluding carboxylic acids is 2. The largest absolute Gasteiger partial charge is 0.349 e. The van der Waals surface area contributed by atoms with Crippen LogP contribution >= 0.6 is 0 Å². The van der Waals surface area contributed by atoms with E-state index >= 15 is 0 Å². The second-order valence-corrected chi connectivity index (χ2v) is 13.0. The predicted molar refractivity (Wildman–Crippen MR) is 145 cm³/mol. The maximum absolute atomic E-state index is 14.0. The molecule has 4 rings (SSSR count). The van der Waals surface area contributed by atoms with Crippen molar-refractivity contribution in [1.29, 1.82) is 0 Å². The molecular weight excluding hydrogens is 468 g/mol. The van der Waals surface area contributed by atoms with E-state index < -0.39 is 11.8 Å². The van der Waals surface area contributed by atoms with Gasteiger partial charge >= 0.3 is 0 Å². The van der Waals surface area contributed by atoms with Crippen LogP contribution in [0.5, 0.6) is 0 Å². The molecule has 0 saturated carbocycles.